The summed E-state index contributed by atoms with van der Waals surface area (Å²) < 4.78 is 11.2. The minimum Gasteiger partial charge on any atom is -0.394 e. The van der Waals surface area contributed by atoms with Crippen molar-refractivity contribution in [1.82, 2.24) is 9.97 Å². The van der Waals surface area contributed by atoms with Gasteiger partial charge in [-0.1, -0.05) is 6.92 Å². The van der Waals surface area contributed by atoms with Gasteiger partial charge in [-0.15, -0.1) is 11.3 Å². The van der Waals surface area contributed by atoms with Gasteiger partial charge in [0.2, 0.25) is 0 Å². The summed E-state index contributed by atoms with van der Waals surface area (Å²) in [6, 6.07) is 0.123. The first kappa shape index (κ1) is 16.6. The number of aliphatic hydroxyl groups is 1. The molecule has 126 valence electrons. The number of fused-ring (bicyclic) bond motifs is 1. The highest BCUT2D eigenvalue weighted by Crippen LogP contribution is 2.34. The number of nitrogens with one attached hydrogen (secondary N) is 1. The molecule has 1 aliphatic rings. The van der Waals surface area contributed by atoms with Crippen molar-refractivity contribution in [2.75, 3.05) is 31.7 Å². The smallest absolute Gasteiger partial charge is 0.138 e. The highest BCUT2D eigenvalue weighted by atomic mass is 32.1. The van der Waals surface area contributed by atoms with Gasteiger partial charge in [0.25, 0.3) is 0 Å². The molecule has 0 saturated carbocycles. The molecule has 0 bridgehead atoms. The fourth-order valence-corrected chi connectivity index (χ4v) is 4.14. The van der Waals surface area contributed by atoms with Crippen molar-refractivity contribution in [3.8, 4) is 0 Å². The predicted molar refractivity (Wildman–Crippen MR) is 91.2 cm³/mol. The van der Waals surface area contributed by atoms with Gasteiger partial charge in [-0.3, -0.25) is 0 Å². The van der Waals surface area contributed by atoms with Crippen LogP contribution in [0.15, 0.2) is 6.33 Å². The lowest BCUT2D eigenvalue weighted by Crippen LogP contribution is -2.44. The van der Waals surface area contributed by atoms with Crippen LogP contribution in [-0.4, -0.2) is 53.6 Å². The molecule has 2 aromatic rings. The van der Waals surface area contributed by atoms with Crippen molar-refractivity contribution in [1.29, 1.82) is 0 Å². The van der Waals surface area contributed by atoms with Crippen LogP contribution in [0.25, 0.3) is 10.2 Å². The Labute approximate surface area is 139 Å². The maximum Gasteiger partial charge on any atom is 0.138 e. The van der Waals surface area contributed by atoms with Gasteiger partial charge in [-0.05, 0) is 25.3 Å². The minimum atomic E-state index is -0.0780. The number of hydrogen-bond donors (Lipinski definition) is 2. The Morgan fingerprint density at radius 2 is 2.35 bits per heavy atom. The quantitative estimate of drug-likeness (QED) is 0.841. The van der Waals surface area contributed by atoms with E-state index in [1.54, 1.807) is 17.7 Å². The van der Waals surface area contributed by atoms with Crippen molar-refractivity contribution in [3.05, 3.63) is 16.8 Å². The van der Waals surface area contributed by atoms with Gasteiger partial charge in [0.15, 0.2) is 0 Å². The number of anilines is 1. The summed E-state index contributed by atoms with van der Waals surface area (Å²) in [5, 5.41) is 13.6. The van der Waals surface area contributed by atoms with E-state index in [0.29, 0.717) is 19.8 Å². The summed E-state index contributed by atoms with van der Waals surface area (Å²) in [6.07, 6.45) is 3.35. The summed E-state index contributed by atoms with van der Waals surface area (Å²) in [5.74, 6) is 0.876. The second-order valence-corrected chi connectivity index (χ2v) is 6.84. The van der Waals surface area contributed by atoms with Crippen LogP contribution in [0.3, 0.4) is 0 Å². The minimum absolute atomic E-state index is 0.0185. The standard InChI is InChI=1S/C16H23N3O3S/c1-3-11-10(2)23-16-14(11)15(17-9-18-16)19-12-4-6-21-8-13(12)22-7-5-20/h9,12-13,20H,3-8H2,1-2H3,(H,17,18,19)/t12-,13-/m0/s1. The van der Waals surface area contributed by atoms with Gasteiger partial charge in [-0.2, -0.15) is 0 Å². The first-order valence-corrected chi connectivity index (χ1v) is 8.86. The molecule has 0 spiro atoms. The fraction of sp³-hybridized carbons (Fsp3) is 0.625. The average Bonchev–Trinajstić information content (AvgIpc) is 2.90. The van der Waals surface area contributed by atoms with E-state index in [2.05, 4.69) is 29.1 Å². The van der Waals surface area contributed by atoms with Crippen molar-refractivity contribution >= 4 is 27.4 Å². The molecule has 2 N–H and O–H groups in total. The zero-order chi connectivity index (χ0) is 16.2. The topological polar surface area (TPSA) is 76.5 Å². The monoisotopic (exact) mass is 337 g/mol. The highest BCUT2D eigenvalue weighted by Gasteiger charge is 2.27. The average molecular weight is 337 g/mol. The zero-order valence-corrected chi connectivity index (χ0v) is 14.4. The van der Waals surface area contributed by atoms with Gasteiger partial charge < -0.3 is 19.9 Å². The van der Waals surface area contributed by atoms with Gasteiger partial charge in [0, 0.05) is 11.5 Å². The number of thiophene rings is 1. The molecule has 7 heteroatoms. The van der Waals surface area contributed by atoms with Gasteiger partial charge >= 0.3 is 0 Å². The summed E-state index contributed by atoms with van der Waals surface area (Å²) in [7, 11) is 0. The van der Waals surface area contributed by atoms with Crippen LogP contribution in [0, 0.1) is 6.92 Å². The molecular formula is C16H23N3O3S. The van der Waals surface area contributed by atoms with Crippen LogP contribution in [0.1, 0.15) is 23.8 Å². The Hall–Kier alpha value is -1.28. The zero-order valence-electron chi connectivity index (χ0n) is 13.5. The van der Waals surface area contributed by atoms with Crippen LogP contribution in [0.5, 0.6) is 0 Å². The molecule has 23 heavy (non-hydrogen) atoms. The third-order valence-corrected chi connectivity index (χ3v) is 5.25. The normalized spacial score (nSPS) is 21.7. The lowest BCUT2D eigenvalue weighted by Gasteiger charge is -2.32. The summed E-state index contributed by atoms with van der Waals surface area (Å²) >= 11 is 1.71. The number of ether oxygens (including phenoxy) is 2. The number of aromatic nitrogens is 2. The largest absolute Gasteiger partial charge is 0.394 e. The molecule has 0 amide bonds. The molecule has 1 fully saturated rings. The number of rotatable bonds is 6. The molecule has 0 radical (unpaired) electrons. The highest BCUT2D eigenvalue weighted by molar-refractivity contribution is 7.18. The summed E-state index contributed by atoms with van der Waals surface area (Å²) in [5.41, 5.74) is 1.31. The van der Waals surface area contributed by atoms with Crippen molar-refractivity contribution in [3.63, 3.8) is 0 Å². The molecule has 6 nitrogen and oxygen atoms in total. The molecule has 0 unspecified atom stereocenters. The van der Waals surface area contributed by atoms with Gasteiger partial charge in [0.05, 0.1) is 31.2 Å². The van der Waals surface area contributed by atoms with Crippen LogP contribution in [-0.2, 0) is 15.9 Å². The molecule has 1 saturated heterocycles. The number of hydrogen-bond acceptors (Lipinski definition) is 7. The second kappa shape index (κ2) is 7.53. The molecule has 1 aliphatic heterocycles. The van der Waals surface area contributed by atoms with E-state index >= 15 is 0 Å². The fourth-order valence-electron chi connectivity index (χ4n) is 3.06. The first-order chi connectivity index (χ1) is 11.2. The maximum atomic E-state index is 8.98. The van der Waals surface area contributed by atoms with E-state index in [9.17, 15) is 0 Å². The SMILES string of the molecule is CCc1c(C)sc2ncnc(N[C@H]3CCOC[C@@H]3OCCO)c12. The molecule has 2 atom stereocenters. The molecule has 3 rings (SSSR count). The molecular weight excluding hydrogens is 314 g/mol. The first-order valence-electron chi connectivity index (χ1n) is 8.04. The van der Waals surface area contributed by atoms with E-state index in [0.717, 1.165) is 28.9 Å². The van der Waals surface area contributed by atoms with Crippen LogP contribution < -0.4 is 5.32 Å². The third-order valence-electron chi connectivity index (χ3n) is 4.19. The maximum absolute atomic E-state index is 8.98. The summed E-state index contributed by atoms with van der Waals surface area (Å²) in [4.78, 5) is 11.2. The van der Waals surface area contributed by atoms with Gasteiger partial charge in [0.1, 0.15) is 23.1 Å². The van der Waals surface area contributed by atoms with Crippen molar-refractivity contribution in [2.45, 2.75) is 38.8 Å². The van der Waals surface area contributed by atoms with E-state index in [-0.39, 0.29) is 18.8 Å². The second-order valence-electron chi connectivity index (χ2n) is 5.64. The Morgan fingerprint density at radius 1 is 1.48 bits per heavy atom. The van der Waals surface area contributed by atoms with Crippen LogP contribution in [0.4, 0.5) is 5.82 Å². The predicted octanol–water partition coefficient (Wildman–Crippen LogP) is 2.14. The number of aryl methyl sites for hydroxylation is 2. The van der Waals surface area contributed by atoms with Crippen molar-refractivity contribution in [2.24, 2.45) is 0 Å². The molecule has 3 heterocycles. The lowest BCUT2D eigenvalue weighted by atomic mass is 10.1. The van der Waals surface area contributed by atoms with E-state index in [1.165, 1.54) is 10.4 Å². The van der Waals surface area contributed by atoms with E-state index < -0.39 is 0 Å². The van der Waals surface area contributed by atoms with Crippen LogP contribution in [0.2, 0.25) is 0 Å². The van der Waals surface area contributed by atoms with E-state index in [4.69, 9.17) is 14.6 Å². The van der Waals surface area contributed by atoms with Crippen molar-refractivity contribution < 1.29 is 14.6 Å². The molecule has 0 aromatic carbocycles. The lowest BCUT2D eigenvalue weighted by molar-refractivity contribution is -0.0643. The number of aliphatic hydroxyl groups excluding tert-OH is 1. The Morgan fingerprint density at radius 3 is 3.13 bits per heavy atom. The Balaban J connectivity index is 1.87. The number of nitrogens with zero attached hydrogens (tertiary/aromatic N) is 2. The summed E-state index contributed by atoms with van der Waals surface area (Å²) in [6.45, 7) is 5.88. The Bertz CT molecular complexity index is 661. The van der Waals surface area contributed by atoms with E-state index in [1.807, 2.05) is 0 Å². The molecule has 2 aromatic heterocycles. The molecule has 0 aliphatic carbocycles. The third kappa shape index (κ3) is 3.47. The van der Waals surface area contributed by atoms with Gasteiger partial charge in [-0.25, -0.2) is 9.97 Å². The Kier molecular flexibility index (Phi) is 5.42. The van der Waals surface area contributed by atoms with Crippen LogP contribution >= 0.6 is 11.3 Å².